The Morgan fingerprint density at radius 2 is 1.87 bits per heavy atom. The predicted octanol–water partition coefficient (Wildman–Crippen LogP) is 2.51. The lowest BCUT2D eigenvalue weighted by molar-refractivity contribution is 0.0104. The highest BCUT2D eigenvalue weighted by Crippen LogP contribution is 2.26. The second-order valence-corrected chi connectivity index (χ2v) is 7.83. The number of ether oxygens (including phenoxy) is 1. The van der Waals surface area contributed by atoms with Crippen molar-refractivity contribution in [2.24, 2.45) is 0 Å². The number of nitrogens with zero attached hydrogens (tertiary/aromatic N) is 6. The lowest BCUT2D eigenvalue weighted by atomic mass is 10.1. The fraction of sp³-hybridized carbons (Fsp3) is 0.381. The molecule has 10 heteroatoms. The fourth-order valence-electron chi connectivity index (χ4n) is 3.88. The summed E-state index contributed by atoms with van der Waals surface area (Å²) < 4.78 is 33.5. The average Bonchev–Trinajstić information content (AvgIpc) is 3.18. The number of nitrogens with one attached hydrogen (secondary N) is 1. The molecule has 0 spiro atoms. The third-order valence-electron chi connectivity index (χ3n) is 5.60. The van der Waals surface area contributed by atoms with Crippen molar-refractivity contribution in [1.82, 2.24) is 24.6 Å². The summed E-state index contributed by atoms with van der Waals surface area (Å²) in [5.74, 6) is 0.0292. The minimum Gasteiger partial charge on any atom is -0.379 e. The van der Waals surface area contributed by atoms with Crippen molar-refractivity contribution < 1.29 is 13.5 Å². The quantitative estimate of drug-likeness (QED) is 0.671. The average molecular weight is 427 g/mol. The Labute approximate surface area is 178 Å². The van der Waals surface area contributed by atoms with Gasteiger partial charge in [-0.15, -0.1) is 5.10 Å². The molecule has 0 unspecified atom stereocenters. The van der Waals surface area contributed by atoms with Gasteiger partial charge in [-0.3, -0.25) is 4.90 Å². The van der Waals surface area contributed by atoms with Gasteiger partial charge in [0.15, 0.2) is 11.6 Å². The summed E-state index contributed by atoms with van der Waals surface area (Å²) in [6.07, 6.45) is 1.44. The van der Waals surface area contributed by atoms with Gasteiger partial charge in [0.25, 0.3) is 0 Å². The van der Waals surface area contributed by atoms with Gasteiger partial charge in [0.05, 0.1) is 18.9 Å². The molecule has 31 heavy (non-hydrogen) atoms. The first-order chi connectivity index (χ1) is 15.0. The van der Waals surface area contributed by atoms with Crippen LogP contribution < -0.4 is 10.2 Å². The van der Waals surface area contributed by atoms with Crippen molar-refractivity contribution in [3.05, 3.63) is 53.9 Å². The van der Waals surface area contributed by atoms with Crippen LogP contribution >= 0.6 is 0 Å². The molecular formula is C21H23F2N7O. The van der Waals surface area contributed by atoms with E-state index in [-0.39, 0.29) is 0 Å². The molecule has 2 saturated heterocycles. The minimum atomic E-state index is -0.933. The molecule has 3 aromatic rings. The standard InChI is InChI=1S/C21H23F2N7O/c1-14-8-19(25-20(9-14)29-11-16(12-29)28-4-6-31-7-5-28)26-21-24-13-30(27-21)15-2-3-17(22)18(23)10-15/h2-3,8-10,13,16H,4-7,11-12H2,1H3,(H,25,26,27). The normalized spacial score (nSPS) is 17.6. The van der Waals surface area contributed by atoms with Crippen LogP contribution in [0.3, 0.4) is 0 Å². The first kappa shape index (κ1) is 19.8. The molecular weight excluding hydrogens is 404 g/mol. The van der Waals surface area contributed by atoms with Crippen LogP contribution in [0.5, 0.6) is 0 Å². The van der Waals surface area contributed by atoms with E-state index in [1.165, 1.54) is 17.1 Å². The summed E-state index contributed by atoms with van der Waals surface area (Å²) in [5.41, 5.74) is 1.45. The lowest BCUT2D eigenvalue weighted by Crippen LogP contribution is -2.61. The van der Waals surface area contributed by atoms with E-state index >= 15 is 0 Å². The molecule has 0 saturated carbocycles. The Kier molecular flexibility index (Phi) is 5.24. The van der Waals surface area contributed by atoms with Gasteiger partial charge in [0, 0.05) is 38.3 Å². The molecule has 2 aromatic heterocycles. The second-order valence-electron chi connectivity index (χ2n) is 7.83. The fourth-order valence-corrected chi connectivity index (χ4v) is 3.88. The Morgan fingerprint density at radius 1 is 1.06 bits per heavy atom. The Morgan fingerprint density at radius 3 is 2.65 bits per heavy atom. The molecule has 4 heterocycles. The van der Waals surface area contributed by atoms with E-state index in [1.54, 1.807) is 0 Å². The molecule has 2 aliphatic heterocycles. The van der Waals surface area contributed by atoms with Gasteiger partial charge >= 0.3 is 0 Å². The number of morpholine rings is 1. The molecule has 8 nitrogen and oxygen atoms in total. The summed E-state index contributed by atoms with van der Waals surface area (Å²) >= 11 is 0. The molecule has 0 radical (unpaired) electrons. The zero-order chi connectivity index (χ0) is 21.4. The molecule has 0 bridgehead atoms. The van der Waals surface area contributed by atoms with Crippen molar-refractivity contribution in [2.75, 3.05) is 49.6 Å². The second kappa shape index (κ2) is 8.20. The molecule has 0 aliphatic carbocycles. The van der Waals surface area contributed by atoms with E-state index in [4.69, 9.17) is 9.72 Å². The summed E-state index contributed by atoms with van der Waals surface area (Å²) in [6.45, 7) is 7.48. The smallest absolute Gasteiger partial charge is 0.248 e. The van der Waals surface area contributed by atoms with E-state index in [0.29, 0.717) is 23.5 Å². The number of pyridine rings is 1. The number of hydrogen-bond acceptors (Lipinski definition) is 7. The highest BCUT2D eigenvalue weighted by molar-refractivity contribution is 5.56. The number of benzene rings is 1. The maximum Gasteiger partial charge on any atom is 0.248 e. The van der Waals surface area contributed by atoms with Gasteiger partial charge in [-0.05, 0) is 36.8 Å². The Bertz CT molecular complexity index is 1080. The van der Waals surface area contributed by atoms with Crippen molar-refractivity contribution in [1.29, 1.82) is 0 Å². The molecule has 1 N–H and O–H groups in total. The van der Waals surface area contributed by atoms with Gasteiger partial charge in [0.1, 0.15) is 18.0 Å². The third kappa shape index (κ3) is 4.21. The summed E-state index contributed by atoms with van der Waals surface area (Å²) in [4.78, 5) is 13.6. The molecule has 2 fully saturated rings. The summed E-state index contributed by atoms with van der Waals surface area (Å²) in [5, 5.41) is 7.39. The third-order valence-corrected chi connectivity index (χ3v) is 5.60. The minimum absolute atomic E-state index is 0.323. The monoisotopic (exact) mass is 427 g/mol. The van der Waals surface area contributed by atoms with Crippen LogP contribution in [-0.2, 0) is 4.74 Å². The molecule has 0 atom stereocenters. The zero-order valence-corrected chi connectivity index (χ0v) is 17.1. The number of aromatic nitrogens is 4. The number of rotatable bonds is 5. The van der Waals surface area contributed by atoms with E-state index in [2.05, 4.69) is 31.3 Å². The topological polar surface area (TPSA) is 71.3 Å². The Hall–Kier alpha value is -3.11. The number of anilines is 3. The van der Waals surface area contributed by atoms with Gasteiger partial charge < -0.3 is 15.0 Å². The number of halogens is 2. The van der Waals surface area contributed by atoms with Crippen LogP contribution in [0.25, 0.3) is 5.69 Å². The van der Waals surface area contributed by atoms with Crippen molar-refractivity contribution in [3.8, 4) is 5.69 Å². The van der Waals surface area contributed by atoms with Crippen LogP contribution in [0.2, 0.25) is 0 Å². The largest absolute Gasteiger partial charge is 0.379 e. The Balaban J connectivity index is 1.27. The van der Waals surface area contributed by atoms with E-state index < -0.39 is 11.6 Å². The summed E-state index contributed by atoms with van der Waals surface area (Å²) in [7, 11) is 0. The highest BCUT2D eigenvalue weighted by Gasteiger charge is 2.33. The lowest BCUT2D eigenvalue weighted by Gasteiger charge is -2.47. The molecule has 0 amide bonds. The van der Waals surface area contributed by atoms with E-state index in [1.807, 2.05) is 13.0 Å². The van der Waals surface area contributed by atoms with Crippen molar-refractivity contribution in [3.63, 3.8) is 0 Å². The van der Waals surface area contributed by atoms with Crippen LogP contribution in [0.1, 0.15) is 5.56 Å². The van der Waals surface area contributed by atoms with E-state index in [9.17, 15) is 8.78 Å². The summed E-state index contributed by atoms with van der Waals surface area (Å²) in [6, 6.07) is 8.09. The number of hydrogen-bond donors (Lipinski definition) is 1. The SMILES string of the molecule is Cc1cc(Nc2ncn(-c3ccc(F)c(F)c3)n2)nc(N2CC(N3CCOCC3)C2)c1. The first-order valence-electron chi connectivity index (χ1n) is 10.2. The van der Waals surface area contributed by atoms with Crippen LogP contribution in [0, 0.1) is 18.6 Å². The van der Waals surface area contributed by atoms with Gasteiger partial charge in [-0.2, -0.15) is 4.98 Å². The maximum absolute atomic E-state index is 13.5. The molecule has 1 aromatic carbocycles. The van der Waals surface area contributed by atoms with Crippen LogP contribution in [0.4, 0.5) is 26.4 Å². The van der Waals surface area contributed by atoms with Gasteiger partial charge in [-0.1, -0.05) is 0 Å². The highest BCUT2D eigenvalue weighted by atomic mass is 19.2. The van der Waals surface area contributed by atoms with Crippen molar-refractivity contribution in [2.45, 2.75) is 13.0 Å². The van der Waals surface area contributed by atoms with Crippen LogP contribution in [-0.4, -0.2) is 70.1 Å². The molecule has 2 aliphatic rings. The number of aryl methyl sites for hydroxylation is 1. The predicted molar refractivity (Wildman–Crippen MR) is 112 cm³/mol. The maximum atomic E-state index is 13.5. The zero-order valence-electron chi connectivity index (χ0n) is 17.1. The molecule has 162 valence electrons. The van der Waals surface area contributed by atoms with Crippen LogP contribution in [0.15, 0.2) is 36.7 Å². The van der Waals surface area contributed by atoms with Gasteiger partial charge in [-0.25, -0.2) is 18.4 Å². The van der Waals surface area contributed by atoms with E-state index in [0.717, 1.165) is 62.9 Å². The van der Waals surface area contributed by atoms with Crippen molar-refractivity contribution >= 4 is 17.6 Å². The first-order valence-corrected chi connectivity index (χ1v) is 10.2. The van der Waals surface area contributed by atoms with Gasteiger partial charge in [0.2, 0.25) is 5.95 Å². The molecule has 5 rings (SSSR count).